The lowest BCUT2D eigenvalue weighted by Gasteiger charge is -2.17. The third-order valence-corrected chi connectivity index (χ3v) is 3.93. The number of aromatic nitrogens is 3. The molecular weight excluding hydrogens is 232 g/mol. The lowest BCUT2D eigenvalue weighted by atomic mass is 10.1. The normalized spacial score (nSPS) is 28.5. The topological polar surface area (TPSA) is 43.1 Å². The Morgan fingerprint density at radius 1 is 1.47 bits per heavy atom. The molecule has 4 nitrogen and oxygen atoms in total. The molecule has 1 aliphatic heterocycles. The van der Waals surface area contributed by atoms with E-state index in [0.717, 1.165) is 36.2 Å². The van der Waals surface area contributed by atoms with Crippen LogP contribution in [0.15, 0.2) is 10.1 Å². The van der Waals surface area contributed by atoms with Gasteiger partial charge in [-0.25, -0.2) is 9.67 Å². The van der Waals surface area contributed by atoms with Crippen molar-refractivity contribution in [1.29, 1.82) is 0 Å². The second-order valence-corrected chi connectivity index (χ2v) is 5.16. The van der Waals surface area contributed by atoms with E-state index < -0.39 is 0 Å². The third-order valence-electron chi connectivity index (χ3n) is 2.95. The summed E-state index contributed by atoms with van der Waals surface area (Å²) >= 11 is 7.75. The van der Waals surface area contributed by atoms with Crippen molar-refractivity contribution in [2.75, 3.05) is 6.26 Å². The highest BCUT2D eigenvalue weighted by Gasteiger charge is 2.35. The van der Waals surface area contributed by atoms with Crippen LogP contribution in [0.2, 0.25) is 0 Å². The van der Waals surface area contributed by atoms with E-state index in [1.807, 2.05) is 10.9 Å². The fraction of sp³-hybridized carbons (Fsp3) is 0.667. The van der Waals surface area contributed by atoms with E-state index in [1.54, 1.807) is 11.8 Å². The first kappa shape index (κ1) is 9.66. The molecule has 0 amide bonds. The molecule has 0 spiro atoms. The molecule has 80 valence electrons. The number of halogens is 1. The van der Waals surface area contributed by atoms with Gasteiger partial charge in [0.2, 0.25) is 11.1 Å². The molecule has 3 rings (SSSR count). The van der Waals surface area contributed by atoms with Gasteiger partial charge in [0.1, 0.15) is 0 Å². The molecule has 2 heterocycles. The van der Waals surface area contributed by atoms with E-state index in [0.29, 0.717) is 5.92 Å². The summed E-state index contributed by atoms with van der Waals surface area (Å²) in [5.41, 5.74) is 1.12. The molecule has 2 aliphatic rings. The van der Waals surface area contributed by atoms with Gasteiger partial charge >= 0.3 is 0 Å². The SMILES string of the molecule is CSc1nc2n(n1)CC1CCC(Cl)C1=N2. The van der Waals surface area contributed by atoms with Gasteiger partial charge < -0.3 is 0 Å². The highest BCUT2D eigenvalue weighted by Crippen LogP contribution is 2.34. The first-order valence-corrected chi connectivity index (χ1v) is 6.65. The van der Waals surface area contributed by atoms with Crippen LogP contribution in [-0.4, -0.2) is 32.1 Å². The Balaban J connectivity index is 2.02. The molecule has 0 N–H and O–H groups in total. The van der Waals surface area contributed by atoms with E-state index in [-0.39, 0.29) is 5.38 Å². The number of hydrogen-bond acceptors (Lipinski definition) is 4. The second kappa shape index (κ2) is 3.49. The Kier molecular flexibility index (Phi) is 2.25. The first-order valence-electron chi connectivity index (χ1n) is 4.99. The van der Waals surface area contributed by atoms with E-state index in [9.17, 15) is 0 Å². The van der Waals surface area contributed by atoms with Crippen LogP contribution in [-0.2, 0) is 6.54 Å². The van der Waals surface area contributed by atoms with Gasteiger partial charge in [-0.3, -0.25) is 0 Å². The molecule has 0 aromatic carbocycles. The third kappa shape index (κ3) is 1.49. The van der Waals surface area contributed by atoms with Gasteiger partial charge in [0.25, 0.3) is 0 Å². The molecule has 1 aromatic rings. The summed E-state index contributed by atoms with van der Waals surface area (Å²) in [4.78, 5) is 8.85. The molecule has 1 aromatic heterocycles. The van der Waals surface area contributed by atoms with Crippen molar-refractivity contribution >= 4 is 35.0 Å². The standard InChI is InChI=1S/C9H11ClN4S/c1-15-9-12-8-11-7-5(2-3-6(7)10)4-14(8)13-9/h5-6H,2-4H2,1H3. The molecule has 0 bridgehead atoms. The molecule has 6 heteroatoms. The summed E-state index contributed by atoms with van der Waals surface area (Å²) in [6.45, 7) is 0.894. The summed E-state index contributed by atoms with van der Waals surface area (Å²) in [7, 11) is 0. The molecule has 1 saturated carbocycles. The lowest BCUT2D eigenvalue weighted by molar-refractivity contribution is 0.492. The molecular formula is C9H11ClN4S. The largest absolute Gasteiger partial charge is 0.248 e. The Labute approximate surface area is 97.1 Å². The molecule has 2 unspecified atom stereocenters. The zero-order chi connectivity index (χ0) is 10.4. The molecule has 15 heavy (non-hydrogen) atoms. The van der Waals surface area contributed by atoms with Crippen LogP contribution < -0.4 is 0 Å². The van der Waals surface area contributed by atoms with Crippen LogP contribution >= 0.6 is 23.4 Å². The highest BCUT2D eigenvalue weighted by molar-refractivity contribution is 7.98. The zero-order valence-electron chi connectivity index (χ0n) is 8.35. The van der Waals surface area contributed by atoms with E-state index in [2.05, 4.69) is 15.1 Å². The average molecular weight is 243 g/mol. The number of hydrogen-bond donors (Lipinski definition) is 0. The minimum absolute atomic E-state index is 0.109. The van der Waals surface area contributed by atoms with Crippen molar-refractivity contribution in [3.05, 3.63) is 0 Å². The monoisotopic (exact) mass is 242 g/mol. The van der Waals surface area contributed by atoms with Crippen LogP contribution in [0.5, 0.6) is 0 Å². The number of alkyl halides is 1. The van der Waals surface area contributed by atoms with Gasteiger partial charge in [-0.1, -0.05) is 11.8 Å². The average Bonchev–Trinajstić information content (AvgIpc) is 2.79. The number of aliphatic imine (C=N–C) groups is 1. The maximum absolute atomic E-state index is 6.20. The second-order valence-electron chi connectivity index (χ2n) is 3.86. The van der Waals surface area contributed by atoms with Crippen molar-refractivity contribution in [3.8, 4) is 0 Å². The lowest BCUT2D eigenvalue weighted by Crippen LogP contribution is -2.24. The zero-order valence-corrected chi connectivity index (χ0v) is 9.92. The van der Waals surface area contributed by atoms with E-state index in [4.69, 9.17) is 11.6 Å². The van der Waals surface area contributed by atoms with Crippen molar-refractivity contribution in [1.82, 2.24) is 14.8 Å². The smallest absolute Gasteiger partial charge is 0.228 e. The summed E-state index contributed by atoms with van der Waals surface area (Å²) < 4.78 is 1.90. The van der Waals surface area contributed by atoms with Crippen LogP contribution in [0.1, 0.15) is 12.8 Å². The number of rotatable bonds is 1. The maximum atomic E-state index is 6.20. The number of nitrogens with zero attached hydrogens (tertiary/aromatic N) is 4. The van der Waals surface area contributed by atoms with Gasteiger partial charge in [0.05, 0.1) is 11.9 Å². The van der Waals surface area contributed by atoms with E-state index in [1.165, 1.54) is 0 Å². The Hall–Kier alpha value is -0.550. The summed E-state index contributed by atoms with van der Waals surface area (Å²) in [5.74, 6) is 1.20. The molecule has 1 fully saturated rings. The molecule has 1 aliphatic carbocycles. The fourth-order valence-electron chi connectivity index (χ4n) is 2.17. The van der Waals surface area contributed by atoms with Gasteiger partial charge in [-0.05, 0) is 19.1 Å². The highest BCUT2D eigenvalue weighted by atomic mass is 35.5. The predicted octanol–water partition coefficient (Wildman–Crippen LogP) is 2.10. The van der Waals surface area contributed by atoms with Crippen LogP contribution in [0, 0.1) is 5.92 Å². The van der Waals surface area contributed by atoms with Crippen molar-refractivity contribution in [2.24, 2.45) is 10.9 Å². The van der Waals surface area contributed by atoms with Crippen LogP contribution in [0.3, 0.4) is 0 Å². The molecule has 0 saturated heterocycles. The van der Waals surface area contributed by atoms with Gasteiger partial charge in [-0.2, -0.15) is 4.98 Å². The maximum Gasteiger partial charge on any atom is 0.248 e. The molecule has 2 atom stereocenters. The van der Waals surface area contributed by atoms with Crippen molar-refractivity contribution in [3.63, 3.8) is 0 Å². The Morgan fingerprint density at radius 3 is 3.13 bits per heavy atom. The summed E-state index contributed by atoms with van der Waals surface area (Å²) in [5, 5.41) is 5.27. The Morgan fingerprint density at radius 2 is 2.33 bits per heavy atom. The summed E-state index contributed by atoms with van der Waals surface area (Å²) in [6, 6.07) is 0. The quantitative estimate of drug-likeness (QED) is 0.560. The van der Waals surface area contributed by atoms with Gasteiger partial charge in [-0.15, -0.1) is 16.7 Å². The first-order chi connectivity index (χ1) is 7.28. The minimum Gasteiger partial charge on any atom is -0.228 e. The van der Waals surface area contributed by atoms with Gasteiger partial charge in [0.15, 0.2) is 0 Å². The summed E-state index contributed by atoms with van der Waals surface area (Å²) in [6.07, 6.45) is 4.13. The van der Waals surface area contributed by atoms with Gasteiger partial charge in [0, 0.05) is 11.6 Å². The number of thioether (sulfide) groups is 1. The van der Waals surface area contributed by atoms with E-state index >= 15 is 0 Å². The predicted molar refractivity (Wildman–Crippen MR) is 61.3 cm³/mol. The molecule has 0 radical (unpaired) electrons. The van der Waals surface area contributed by atoms with Crippen LogP contribution in [0.4, 0.5) is 5.95 Å². The Bertz CT molecular complexity index is 428. The number of fused-ring (bicyclic) bond motifs is 2. The van der Waals surface area contributed by atoms with Crippen molar-refractivity contribution < 1.29 is 0 Å². The minimum atomic E-state index is 0.109. The van der Waals surface area contributed by atoms with Crippen molar-refractivity contribution in [2.45, 2.75) is 29.9 Å². The van der Waals surface area contributed by atoms with Crippen LogP contribution in [0.25, 0.3) is 0 Å². The fourth-order valence-corrected chi connectivity index (χ4v) is 2.88.